The van der Waals surface area contributed by atoms with Crippen molar-refractivity contribution in [1.82, 2.24) is 24.7 Å². The molecule has 0 aliphatic heterocycles. The molecule has 0 fully saturated rings. The van der Waals surface area contributed by atoms with Crippen molar-refractivity contribution in [3.05, 3.63) is 76.7 Å². The quantitative estimate of drug-likeness (QED) is 0.455. The van der Waals surface area contributed by atoms with Gasteiger partial charge in [0.2, 0.25) is 5.16 Å². The third-order valence-electron chi connectivity index (χ3n) is 3.79. The Morgan fingerprint density at radius 1 is 1.00 bits per heavy atom. The Kier molecular flexibility index (Phi) is 5.26. The minimum Gasteiger partial charge on any atom is -0.270 e. The summed E-state index contributed by atoms with van der Waals surface area (Å²) >= 11 is 13.5. The highest BCUT2D eigenvalue weighted by Gasteiger charge is 2.19. The molecule has 9 heteroatoms. The molecule has 0 bridgehead atoms. The fourth-order valence-electron chi connectivity index (χ4n) is 2.52. The molecule has 0 saturated carbocycles. The monoisotopic (exact) mass is 424 g/mol. The van der Waals surface area contributed by atoms with Crippen LogP contribution >= 0.6 is 35.0 Å². The van der Waals surface area contributed by atoms with Gasteiger partial charge in [0.25, 0.3) is 0 Å². The van der Waals surface area contributed by atoms with Gasteiger partial charge in [0.1, 0.15) is 11.1 Å². The molecule has 136 valence electrons. The first-order valence-electron chi connectivity index (χ1n) is 8.01. The van der Waals surface area contributed by atoms with Gasteiger partial charge in [-0.3, -0.25) is 9.55 Å². The maximum Gasteiger partial charge on any atom is 0.202 e. The Morgan fingerprint density at radius 2 is 1.86 bits per heavy atom. The van der Waals surface area contributed by atoms with Crippen LogP contribution in [-0.2, 0) is 0 Å². The van der Waals surface area contributed by atoms with E-state index in [4.69, 9.17) is 23.2 Å². The van der Waals surface area contributed by atoms with E-state index in [1.807, 2.05) is 22.8 Å². The van der Waals surface area contributed by atoms with Gasteiger partial charge in [-0.25, -0.2) is 4.98 Å². The highest BCUT2D eigenvalue weighted by Crippen LogP contribution is 2.34. The number of halogens is 2. The molecule has 0 aliphatic rings. The second-order valence-corrected chi connectivity index (χ2v) is 7.32. The zero-order valence-corrected chi connectivity index (χ0v) is 16.4. The SMILES string of the molecule is N#Cc1cccnc1Sc1nnc(-c2cccnc2)n1-c1ccc(Cl)c(Cl)c1. The minimum atomic E-state index is 0.413. The summed E-state index contributed by atoms with van der Waals surface area (Å²) in [5.74, 6) is 0.587. The van der Waals surface area contributed by atoms with Crippen molar-refractivity contribution < 1.29 is 0 Å². The molecule has 3 heterocycles. The average Bonchev–Trinajstić information content (AvgIpc) is 3.14. The summed E-state index contributed by atoms with van der Waals surface area (Å²) in [6.07, 6.45) is 5.02. The number of pyridine rings is 2. The Morgan fingerprint density at radius 3 is 2.61 bits per heavy atom. The lowest BCUT2D eigenvalue weighted by Gasteiger charge is -2.11. The summed E-state index contributed by atoms with van der Waals surface area (Å²) in [5.41, 5.74) is 1.98. The Hall–Kier alpha value is -2.92. The van der Waals surface area contributed by atoms with Gasteiger partial charge in [-0.15, -0.1) is 10.2 Å². The number of nitrogens with zero attached hydrogens (tertiary/aromatic N) is 6. The van der Waals surface area contributed by atoms with Gasteiger partial charge in [0.15, 0.2) is 5.82 Å². The topological polar surface area (TPSA) is 80.3 Å². The van der Waals surface area contributed by atoms with Gasteiger partial charge in [-0.05, 0) is 54.2 Å². The molecule has 0 unspecified atom stereocenters. The van der Waals surface area contributed by atoms with Crippen molar-refractivity contribution in [2.24, 2.45) is 0 Å². The first-order valence-corrected chi connectivity index (χ1v) is 9.59. The van der Waals surface area contributed by atoms with E-state index in [2.05, 4.69) is 26.2 Å². The molecule has 4 rings (SSSR count). The van der Waals surface area contributed by atoms with Crippen molar-refractivity contribution in [1.29, 1.82) is 5.26 Å². The molecule has 4 aromatic rings. The van der Waals surface area contributed by atoms with Crippen molar-refractivity contribution >= 4 is 35.0 Å². The maximum absolute atomic E-state index is 9.35. The van der Waals surface area contributed by atoms with Gasteiger partial charge in [-0.1, -0.05) is 23.2 Å². The van der Waals surface area contributed by atoms with E-state index in [0.29, 0.717) is 31.6 Å². The van der Waals surface area contributed by atoms with Crippen LogP contribution in [0.1, 0.15) is 5.56 Å². The molecule has 3 aromatic heterocycles. The largest absolute Gasteiger partial charge is 0.270 e. The van der Waals surface area contributed by atoms with E-state index in [9.17, 15) is 5.26 Å². The third kappa shape index (κ3) is 3.58. The Balaban J connectivity index is 1.88. The van der Waals surface area contributed by atoms with E-state index in [0.717, 1.165) is 11.3 Å². The Bertz CT molecular complexity index is 1190. The molecule has 28 heavy (non-hydrogen) atoms. The van der Waals surface area contributed by atoms with E-state index in [-0.39, 0.29) is 0 Å². The highest BCUT2D eigenvalue weighted by molar-refractivity contribution is 7.99. The van der Waals surface area contributed by atoms with Crippen LogP contribution in [0.2, 0.25) is 10.0 Å². The summed E-state index contributed by atoms with van der Waals surface area (Å²) in [5, 5.41) is 19.9. The molecule has 0 aliphatic carbocycles. The second kappa shape index (κ2) is 7.98. The van der Waals surface area contributed by atoms with Gasteiger partial charge >= 0.3 is 0 Å². The smallest absolute Gasteiger partial charge is 0.202 e. The zero-order chi connectivity index (χ0) is 19.5. The van der Waals surface area contributed by atoms with E-state index in [1.165, 1.54) is 11.8 Å². The molecular formula is C19H10Cl2N6S. The van der Waals surface area contributed by atoms with Crippen molar-refractivity contribution in [2.75, 3.05) is 0 Å². The average molecular weight is 425 g/mol. The van der Waals surface area contributed by atoms with Crippen LogP contribution < -0.4 is 0 Å². The third-order valence-corrected chi connectivity index (χ3v) is 5.50. The number of aromatic nitrogens is 5. The summed E-state index contributed by atoms with van der Waals surface area (Å²) in [6.45, 7) is 0. The fourth-order valence-corrected chi connectivity index (χ4v) is 3.69. The number of hydrogen-bond donors (Lipinski definition) is 0. The van der Waals surface area contributed by atoms with Gasteiger partial charge < -0.3 is 0 Å². The van der Waals surface area contributed by atoms with Crippen LogP contribution in [0.15, 0.2) is 71.2 Å². The summed E-state index contributed by atoms with van der Waals surface area (Å²) in [4.78, 5) is 8.45. The molecule has 1 aromatic carbocycles. The van der Waals surface area contributed by atoms with Crippen LogP contribution in [-0.4, -0.2) is 24.7 Å². The van der Waals surface area contributed by atoms with Crippen molar-refractivity contribution in [3.63, 3.8) is 0 Å². The molecule has 0 radical (unpaired) electrons. The standard InChI is InChI=1S/C19H10Cl2N6S/c20-15-6-5-14(9-16(15)21)27-17(13-4-1-7-23-11-13)25-26-19(27)28-18-12(10-22)3-2-8-24-18/h1-9,11H. The van der Waals surface area contributed by atoms with Crippen LogP contribution in [0.5, 0.6) is 0 Å². The molecular weight excluding hydrogens is 415 g/mol. The lowest BCUT2D eigenvalue weighted by Crippen LogP contribution is -2.00. The first-order chi connectivity index (χ1) is 13.7. The van der Waals surface area contributed by atoms with Crippen molar-refractivity contribution in [3.8, 4) is 23.1 Å². The predicted molar refractivity (Wildman–Crippen MR) is 108 cm³/mol. The van der Waals surface area contributed by atoms with E-state index < -0.39 is 0 Å². The molecule has 0 N–H and O–H groups in total. The fraction of sp³-hybridized carbons (Fsp3) is 0. The second-order valence-electron chi connectivity index (χ2n) is 5.55. The van der Waals surface area contributed by atoms with Crippen LogP contribution in [0.4, 0.5) is 0 Å². The summed E-state index contributed by atoms with van der Waals surface area (Å²) in [7, 11) is 0. The molecule has 0 saturated heterocycles. The van der Waals surface area contributed by atoms with Crippen LogP contribution in [0.3, 0.4) is 0 Å². The molecule has 0 spiro atoms. The minimum absolute atomic E-state index is 0.413. The van der Waals surface area contributed by atoms with E-state index >= 15 is 0 Å². The number of hydrogen-bond acceptors (Lipinski definition) is 6. The number of benzene rings is 1. The lowest BCUT2D eigenvalue weighted by molar-refractivity contribution is 0.882. The first kappa shape index (κ1) is 18.4. The zero-order valence-electron chi connectivity index (χ0n) is 14.1. The summed E-state index contributed by atoms with van der Waals surface area (Å²) in [6, 6.07) is 14.5. The number of nitriles is 1. The van der Waals surface area contributed by atoms with Gasteiger partial charge in [0.05, 0.1) is 21.3 Å². The van der Waals surface area contributed by atoms with Gasteiger partial charge in [0, 0.05) is 24.2 Å². The molecule has 0 amide bonds. The number of rotatable bonds is 4. The van der Waals surface area contributed by atoms with Crippen LogP contribution in [0, 0.1) is 11.3 Å². The summed E-state index contributed by atoms with van der Waals surface area (Å²) < 4.78 is 1.83. The van der Waals surface area contributed by atoms with Crippen molar-refractivity contribution in [2.45, 2.75) is 10.2 Å². The van der Waals surface area contributed by atoms with Gasteiger partial charge in [-0.2, -0.15) is 5.26 Å². The highest BCUT2D eigenvalue weighted by atomic mass is 35.5. The lowest BCUT2D eigenvalue weighted by atomic mass is 10.2. The molecule has 0 atom stereocenters. The normalized spacial score (nSPS) is 10.6. The Labute approximate surface area is 174 Å². The van der Waals surface area contributed by atoms with Crippen LogP contribution in [0.25, 0.3) is 17.1 Å². The van der Waals surface area contributed by atoms with E-state index in [1.54, 1.807) is 42.9 Å². The predicted octanol–water partition coefficient (Wildman–Crippen LogP) is 5.05. The molecule has 6 nitrogen and oxygen atoms in total. The maximum atomic E-state index is 9.35.